The van der Waals surface area contributed by atoms with Gasteiger partial charge in [-0.15, -0.1) is 0 Å². The standard InChI is InChI=1S/C10H20N2O/c1-10(2,3)12-9(13)6-8-4-5-11-7-8/h8,11H,4-7H2,1-3H3,(H,12,13). The molecule has 1 heterocycles. The van der Waals surface area contributed by atoms with Gasteiger partial charge in [0.15, 0.2) is 0 Å². The normalized spacial score (nSPS) is 23.2. The molecule has 0 aromatic carbocycles. The second kappa shape index (κ2) is 4.09. The predicted octanol–water partition coefficient (Wildman–Crippen LogP) is 0.901. The fourth-order valence-electron chi connectivity index (χ4n) is 1.62. The molecule has 1 saturated heterocycles. The number of nitrogens with one attached hydrogen (secondary N) is 2. The van der Waals surface area contributed by atoms with Gasteiger partial charge >= 0.3 is 0 Å². The van der Waals surface area contributed by atoms with Gasteiger partial charge in [-0.05, 0) is 46.2 Å². The van der Waals surface area contributed by atoms with Gasteiger partial charge in [-0.2, -0.15) is 0 Å². The lowest BCUT2D eigenvalue weighted by Crippen LogP contribution is -2.41. The second-order valence-electron chi connectivity index (χ2n) is 4.86. The van der Waals surface area contributed by atoms with Gasteiger partial charge in [0.2, 0.25) is 5.91 Å². The van der Waals surface area contributed by atoms with Crippen LogP contribution in [0.4, 0.5) is 0 Å². The molecule has 1 unspecified atom stereocenters. The van der Waals surface area contributed by atoms with Crippen LogP contribution in [0, 0.1) is 5.92 Å². The molecule has 1 aliphatic heterocycles. The van der Waals surface area contributed by atoms with Gasteiger partial charge in [0, 0.05) is 12.0 Å². The van der Waals surface area contributed by atoms with Crippen LogP contribution in [0.2, 0.25) is 0 Å². The molecule has 1 rings (SSSR count). The molecule has 1 fully saturated rings. The largest absolute Gasteiger partial charge is 0.352 e. The average Bonchev–Trinajstić information content (AvgIpc) is 2.34. The highest BCUT2D eigenvalue weighted by Crippen LogP contribution is 2.12. The summed E-state index contributed by atoms with van der Waals surface area (Å²) in [5, 5.41) is 6.24. The number of hydrogen-bond acceptors (Lipinski definition) is 2. The van der Waals surface area contributed by atoms with Crippen molar-refractivity contribution in [3.8, 4) is 0 Å². The first-order valence-corrected chi connectivity index (χ1v) is 4.99. The Balaban J connectivity index is 2.24. The minimum absolute atomic E-state index is 0.0941. The van der Waals surface area contributed by atoms with Crippen molar-refractivity contribution in [1.82, 2.24) is 10.6 Å². The Morgan fingerprint density at radius 2 is 2.23 bits per heavy atom. The summed E-state index contributed by atoms with van der Waals surface area (Å²) in [4.78, 5) is 11.5. The van der Waals surface area contributed by atoms with E-state index in [0.717, 1.165) is 19.5 Å². The zero-order valence-corrected chi connectivity index (χ0v) is 8.81. The second-order valence-corrected chi connectivity index (χ2v) is 4.86. The topological polar surface area (TPSA) is 41.1 Å². The fourth-order valence-corrected chi connectivity index (χ4v) is 1.62. The lowest BCUT2D eigenvalue weighted by molar-refractivity contribution is -0.123. The van der Waals surface area contributed by atoms with Gasteiger partial charge in [0.25, 0.3) is 0 Å². The maximum absolute atomic E-state index is 11.5. The van der Waals surface area contributed by atoms with Crippen molar-refractivity contribution in [3.05, 3.63) is 0 Å². The molecule has 0 aromatic heterocycles. The molecule has 1 atom stereocenters. The van der Waals surface area contributed by atoms with Crippen molar-refractivity contribution < 1.29 is 4.79 Å². The third-order valence-electron chi connectivity index (χ3n) is 2.15. The SMILES string of the molecule is CC(C)(C)NC(=O)CC1CCNC1. The van der Waals surface area contributed by atoms with E-state index in [1.807, 2.05) is 20.8 Å². The first kappa shape index (κ1) is 10.5. The highest BCUT2D eigenvalue weighted by atomic mass is 16.1. The monoisotopic (exact) mass is 184 g/mol. The van der Waals surface area contributed by atoms with E-state index in [9.17, 15) is 4.79 Å². The van der Waals surface area contributed by atoms with E-state index in [0.29, 0.717) is 12.3 Å². The minimum Gasteiger partial charge on any atom is -0.352 e. The Morgan fingerprint density at radius 1 is 1.54 bits per heavy atom. The Kier molecular flexibility index (Phi) is 3.31. The minimum atomic E-state index is -0.0941. The van der Waals surface area contributed by atoms with Crippen LogP contribution >= 0.6 is 0 Å². The Bertz CT molecular complexity index is 178. The van der Waals surface area contributed by atoms with Crippen LogP contribution in [-0.2, 0) is 4.79 Å². The zero-order valence-electron chi connectivity index (χ0n) is 8.81. The molecule has 3 heteroatoms. The number of amides is 1. The van der Waals surface area contributed by atoms with Crippen LogP contribution in [0.1, 0.15) is 33.6 Å². The van der Waals surface area contributed by atoms with Crippen molar-refractivity contribution >= 4 is 5.91 Å². The Morgan fingerprint density at radius 3 is 2.69 bits per heavy atom. The molecule has 2 N–H and O–H groups in total. The summed E-state index contributed by atoms with van der Waals surface area (Å²) in [5.41, 5.74) is -0.0941. The highest BCUT2D eigenvalue weighted by Gasteiger charge is 2.20. The van der Waals surface area contributed by atoms with Crippen LogP contribution in [0.5, 0.6) is 0 Å². The van der Waals surface area contributed by atoms with Gasteiger partial charge in [0.1, 0.15) is 0 Å². The molecule has 0 saturated carbocycles. The van der Waals surface area contributed by atoms with Crippen LogP contribution in [-0.4, -0.2) is 24.5 Å². The molecule has 0 bridgehead atoms. The Labute approximate surface area is 80.3 Å². The van der Waals surface area contributed by atoms with E-state index in [1.54, 1.807) is 0 Å². The molecule has 0 aromatic rings. The summed E-state index contributed by atoms with van der Waals surface area (Å²) in [6.07, 6.45) is 1.81. The molecule has 3 nitrogen and oxygen atoms in total. The summed E-state index contributed by atoms with van der Waals surface area (Å²) in [6.45, 7) is 8.10. The van der Waals surface area contributed by atoms with E-state index >= 15 is 0 Å². The van der Waals surface area contributed by atoms with Crippen molar-refractivity contribution in [2.45, 2.75) is 39.2 Å². The summed E-state index contributed by atoms with van der Waals surface area (Å²) >= 11 is 0. The van der Waals surface area contributed by atoms with Gasteiger partial charge in [-0.25, -0.2) is 0 Å². The fraction of sp³-hybridized carbons (Fsp3) is 0.900. The summed E-state index contributed by atoms with van der Waals surface area (Å²) in [7, 11) is 0. The van der Waals surface area contributed by atoms with Gasteiger partial charge < -0.3 is 10.6 Å². The maximum atomic E-state index is 11.5. The van der Waals surface area contributed by atoms with Crippen LogP contribution in [0.3, 0.4) is 0 Å². The highest BCUT2D eigenvalue weighted by molar-refractivity contribution is 5.76. The van der Waals surface area contributed by atoms with Crippen molar-refractivity contribution in [3.63, 3.8) is 0 Å². The number of carbonyl (C=O) groups excluding carboxylic acids is 1. The lowest BCUT2D eigenvalue weighted by atomic mass is 10.0. The van der Waals surface area contributed by atoms with Crippen LogP contribution < -0.4 is 10.6 Å². The molecule has 0 radical (unpaired) electrons. The average molecular weight is 184 g/mol. The molecule has 13 heavy (non-hydrogen) atoms. The molecule has 1 amide bonds. The van der Waals surface area contributed by atoms with E-state index in [2.05, 4.69) is 10.6 Å². The molecular weight excluding hydrogens is 164 g/mol. The van der Waals surface area contributed by atoms with E-state index in [4.69, 9.17) is 0 Å². The van der Waals surface area contributed by atoms with Gasteiger partial charge in [-0.3, -0.25) is 4.79 Å². The smallest absolute Gasteiger partial charge is 0.220 e. The van der Waals surface area contributed by atoms with Crippen molar-refractivity contribution in [1.29, 1.82) is 0 Å². The van der Waals surface area contributed by atoms with Crippen LogP contribution in [0.25, 0.3) is 0 Å². The number of rotatable bonds is 2. The Hall–Kier alpha value is -0.570. The van der Waals surface area contributed by atoms with Gasteiger partial charge in [-0.1, -0.05) is 0 Å². The third-order valence-corrected chi connectivity index (χ3v) is 2.15. The lowest BCUT2D eigenvalue weighted by Gasteiger charge is -2.21. The number of carbonyl (C=O) groups is 1. The van der Waals surface area contributed by atoms with Crippen molar-refractivity contribution in [2.24, 2.45) is 5.92 Å². The van der Waals surface area contributed by atoms with Crippen molar-refractivity contribution in [2.75, 3.05) is 13.1 Å². The zero-order chi connectivity index (χ0) is 9.90. The summed E-state index contributed by atoms with van der Waals surface area (Å²) in [5.74, 6) is 0.726. The van der Waals surface area contributed by atoms with E-state index in [1.165, 1.54) is 0 Å². The molecule has 76 valence electrons. The summed E-state index contributed by atoms with van der Waals surface area (Å²) in [6, 6.07) is 0. The van der Waals surface area contributed by atoms with Gasteiger partial charge in [0.05, 0.1) is 0 Å². The van der Waals surface area contributed by atoms with E-state index < -0.39 is 0 Å². The summed E-state index contributed by atoms with van der Waals surface area (Å²) < 4.78 is 0. The molecule has 0 aliphatic carbocycles. The number of hydrogen-bond donors (Lipinski definition) is 2. The van der Waals surface area contributed by atoms with Crippen LogP contribution in [0.15, 0.2) is 0 Å². The van der Waals surface area contributed by atoms with E-state index in [-0.39, 0.29) is 11.4 Å². The first-order valence-electron chi connectivity index (χ1n) is 4.99. The predicted molar refractivity (Wildman–Crippen MR) is 53.5 cm³/mol. The maximum Gasteiger partial charge on any atom is 0.220 e. The first-order chi connectivity index (χ1) is 5.97. The third kappa shape index (κ3) is 4.27. The molecule has 0 spiro atoms. The quantitative estimate of drug-likeness (QED) is 0.669. The molecular formula is C10H20N2O. The molecule has 1 aliphatic rings.